The molecule has 2 aromatic rings. The van der Waals surface area contributed by atoms with Gasteiger partial charge in [-0.05, 0) is 46.6 Å². The van der Waals surface area contributed by atoms with Crippen molar-refractivity contribution in [1.29, 1.82) is 0 Å². The summed E-state index contributed by atoms with van der Waals surface area (Å²) in [6.45, 7) is 1.31. The number of nitrogens with one attached hydrogen (secondary N) is 1. The summed E-state index contributed by atoms with van der Waals surface area (Å²) in [5.74, 6) is -1.70. The number of carbonyl (C=O) groups is 3. The van der Waals surface area contributed by atoms with E-state index in [-0.39, 0.29) is 5.56 Å². The van der Waals surface area contributed by atoms with E-state index in [1.807, 2.05) is 0 Å². The number of aryl methyl sites for hydroxylation is 1. The normalized spacial score (nSPS) is 10.0. The Labute approximate surface area is 152 Å². The quantitative estimate of drug-likeness (QED) is 0.766. The van der Waals surface area contributed by atoms with Gasteiger partial charge in [-0.3, -0.25) is 9.78 Å². The molecule has 0 bridgehead atoms. The van der Waals surface area contributed by atoms with Gasteiger partial charge in [-0.2, -0.15) is 0 Å². The SMILES string of the molecule is COC(=O)c1ccc(C)c(NC(=O)COC(=O)c2cncc(Br)c2)c1. The summed E-state index contributed by atoms with van der Waals surface area (Å²) in [6.07, 6.45) is 2.87. The molecular weight excluding hydrogens is 392 g/mol. The van der Waals surface area contributed by atoms with Gasteiger partial charge >= 0.3 is 11.9 Å². The number of hydrogen-bond donors (Lipinski definition) is 1. The number of anilines is 1. The smallest absolute Gasteiger partial charge is 0.340 e. The van der Waals surface area contributed by atoms with Gasteiger partial charge in [0.15, 0.2) is 6.61 Å². The maximum absolute atomic E-state index is 12.0. The van der Waals surface area contributed by atoms with Crippen molar-refractivity contribution in [2.24, 2.45) is 0 Å². The minimum atomic E-state index is -0.663. The van der Waals surface area contributed by atoms with Crippen LogP contribution in [-0.4, -0.2) is 36.5 Å². The molecule has 0 saturated carbocycles. The highest BCUT2D eigenvalue weighted by Crippen LogP contribution is 2.17. The van der Waals surface area contributed by atoms with Gasteiger partial charge in [-0.1, -0.05) is 6.07 Å². The van der Waals surface area contributed by atoms with Crippen LogP contribution in [0.5, 0.6) is 0 Å². The Bertz CT molecular complexity index is 822. The van der Waals surface area contributed by atoms with Crippen LogP contribution in [0.1, 0.15) is 26.3 Å². The van der Waals surface area contributed by atoms with Crippen molar-refractivity contribution in [3.05, 3.63) is 57.8 Å². The zero-order valence-corrected chi connectivity index (χ0v) is 15.1. The lowest BCUT2D eigenvalue weighted by atomic mass is 10.1. The largest absolute Gasteiger partial charge is 0.465 e. The molecule has 0 spiro atoms. The monoisotopic (exact) mass is 406 g/mol. The summed E-state index contributed by atoms with van der Waals surface area (Å²) in [4.78, 5) is 39.3. The van der Waals surface area contributed by atoms with Crippen LogP contribution in [0.2, 0.25) is 0 Å². The number of aromatic nitrogens is 1. The van der Waals surface area contributed by atoms with Crippen LogP contribution in [0, 0.1) is 6.92 Å². The van der Waals surface area contributed by atoms with Gasteiger partial charge in [0.25, 0.3) is 5.91 Å². The maximum Gasteiger partial charge on any atom is 0.340 e. The van der Waals surface area contributed by atoms with Crippen molar-refractivity contribution in [3.63, 3.8) is 0 Å². The first-order valence-corrected chi connectivity index (χ1v) is 7.96. The van der Waals surface area contributed by atoms with E-state index >= 15 is 0 Å². The fraction of sp³-hybridized carbons (Fsp3) is 0.176. The molecule has 0 radical (unpaired) electrons. The first-order valence-electron chi connectivity index (χ1n) is 7.17. The third kappa shape index (κ3) is 5.12. The molecule has 1 aromatic carbocycles. The molecule has 2 rings (SSSR count). The number of esters is 2. The highest BCUT2D eigenvalue weighted by Gasteiger charge is 2.13. The van der Waals surface area contributed by atoms with Crippen molar-refractivity contribution in [1.82, 2.24) is 4.98 Å². The molecule has 8 heteroatoms. The molecule has 0 aliphatic heterocycles. The van der Waals surface area contributed by atoms with Crippen LogP contribution < -0.4 is 5.32 Å². The van der Waals surface area contributed by atoms with Crippen LogP contribution in [0.4, 0.5) is 5.69 Å². The Balaban J connectivity index is 1.98. The molecule has 0 unspecified atom stereocenters. The molecule has 1 N–H and O–H groups in total. The number of nitrogens with zero attached hydrogens (tertiary/aromatic N) is 1. The molecular formula is C17H15BrN2O5. The molecule has 7 nitrogen and oxygen atoms in total. The van der Waals surface area contributed by atoms with E-state index in [1.54, 1.807) is 19.1 Å². The summed E-state index contributed by atoms with van der Waals surface area (Å²) in [5.41, 5.74) is 1.73. The summed E-state index contributed by atoms with van der Waals surface area (Å²) < 4.78 is 10.2. The molecule has 0 saturated heterocycles. The van der Waals surface area contributed by atoms with E-state index in [0.29, 0.717) is 15.7 Å². The van der Waals surface area contributed by atoms with Crippen molar-refractivity contribution >= 4 is 39.5 Å². The Morgan fingerprint density at radius 2 is 1.88 bits per heavy atom. The minimum absolute atomic E-state index is 0.228. The second-order valence-electron chi connectivity index (χ2n) is 5.04. The highest BCUT2D eigenvalue weighted by atomic mass is 79.9. The van der Waals surface area contributed by atoms with E-state index < -0.39 is 24.5 Å². The average Bonchev–Trinajstić information content (AvgIpc) is 2.60. The van der Waals surface area contributed by atoms with Crippen LogP contribution >= 0.6 is 15.9 Å². The fourth-order valence-electron chi connectivity index (χ4n) is 1.93. The van der Waals surface area contributed by atoms with Gasteiger partial charge in [0.1, 0.15) is 0 Å². The predicted octanol–water partition coefficient (Wildman–Crippen LogP) is 2.73. The van der Waals surface area contributed by atoms with Gasteiger partial charge in [-0.15, -0.1) is 0 Å². The Hall–Kier alpha value is -2.74. The number of benzene rings is 1. The number of ether oxygens (including phenoxy) is 2. The van der Waals surface area contributed by atoms with Crippen molar-refractivity contribution in [2.75, 3.05) is 19.0 Å². The highest BCUT2D eigenvalue weighted by molar-refractivity contribution is 9.10. The number of pyridine rings is 1. The molecule has 1 heterocycles. The molecule has 0 aliphatic carbocycles. The van der Waals surface area contributed by atoms with E-state index in [4.69, 9.17) is 4.74 Å². The number of methoxy groups -OCH3 is 1. The average molecular weight is 407 g/mol. The van der Waals surface area contributed by atoms with Gasteiger partial charge in [0, 0.05) is 22.6 Å². The number of amides is 1. The molecule has 1 amide bonds. The third-order valence-electron chi connectivity index (χ3n) is 3.21. The standard InChI is InChI=1S/C17H15BrN2O5/c1-10-3-4-11(16(22)24-2)6-14(10)20-15(21)9-25-17(23)12-5-13(18)8-19-7-12/h3-8H,9H2,1-2H3,(H,20,21). The number of hydrogen-bond acceptors (Lipinski definition) is 6. The van der Waals surface area contributed by atoms with Gasteiger partial charge in [0.2, 0.25) is 0 Å². The van der Waals surface area contributed by atoms with E-state index in [9.17, 15) is 14.4 Å². The zero-order chi connectivity index (χ0) is 18.4. The third-order valence-corrected chi connectivity index (χ3v) is 3.64. The predicted molar refractivity (Wildman–Crippen MR) is 93.4 cm³/mol. The Morgan fingerprint density at radius 1 is 1.12 bits per heavy atom. The second-order valence-corrected chi connectivity index (χ2v) is 5.95. The van der Waals surface area contributed by atoms with E-state index in [1.165, 1.54) is 31.6 Å². The lowest BCUT2D eigenvalue weighted by molar-refractivity contribution is -0.119. The Kier molecular flexibility index (Phi) is 6.24. The molecule has 130 valence electrons. The fourth-order valence-corrected chi connectivity index (χ4v) is 2.29. The van der Waals surface area contributed by atoms with Gasteiger partial charge < -0.3 is 14.8 Å². The molecule has 0 fully saturated rings. The van der Waals surface area contributed by atoms with Gasteiger partial charge in [-0.25, -0.2) is 9.59 Å². The molecule has 25 heavy (non-hydrogen) atoms. The zero-order valence-electron chi connectivity index (χ0n) is 13.5. The summed E-state index contributed by atoms with van der Waals surface area (Å²) in [7, 11) is 1.27. The topological polar surface area (TPSA) is 94.6 Å². The number of carbonyl (C=O) groups excluding carboxylic acids is 3. The molecule has 0 atom stereocenters. The number of rotatable bonds is 5. The van der Waals surface area contributed by atoms with Crippen molar-refractivity contribution < 1.29 is 23.9 Å². The lowest BCUT2D eigenvalue weighted by Crippen LogP contribution is -2.21. The first kappa shape index (κ1) is 18.6. The number of halogens is 1. The van der Waals surface area contributed by atoms with Crippen molar-refractivity contribution in [2.45, 2.75) is 6.92 Å². The first-order chi connectivity index (χ1) is 11.9. The lowest BCUT2D eigenvalue weighted by Gasteiger charge is -2.10. The van der Waals surface area contributed by atoms with Crippen LogP contribution in [-0.2, 0) is 14.3 Å². The molecule has 0 aliphatic rings. The molecule has 1 aromatic heterocycles. The van der Waals surface area contributed by atoms with Crippen molar-refractivity contribution in [3.8, 4) is 0 Å². The van der Waals surface area contributed by atoms with Crippen LogP contribution in [0.15, 0.2) is 41.1 Å². The minimum Gasteiger partial charge on any atom is -0.465 e. The summed E-state index contributed by atoms with van der Waals surface area (Å²) >= 11 is 3.20. The second kappa shape index (κ2) is 8.39. The van der Waals surface area contributed by atoms with Crippen LogP contribution in [0.3, 0.4) is 0 Å². The maximum atomic E-state index is 12.0. The summed E-state index contributed by atoms with van der Waals surface area (Å²) in [6, 6.07) is 6.31. The van der Waals surface area contributed by atoms with Gasteiger partial charge in [0.05, 0.1) is 18.2 Å². The van der Waals surface area contributed by atoms with E-state index in [2.05, 4.69) is 31.0 Å². The van der Waals surface area contributed by atoms with E-state index in [0.717, 1.165) is 5.56 Å². The Morgan fingerprint density at radius 3 is 2.56 bits per heavy atom. The summed E-state index contributed by atoms with van der Waals surface area (Å²) in [5, 5.41) is 2.60. The van der Waals surface area contributed by atoms with Crippen LogP contribution in [0.25, 0.3) is 0 Å².